The molecule has 7 heteroatoms. The van der Waals surface area contributed by atoms with Crippen molar-refractivity contribution in [3.63, 3.8) is 0 Å². The van der Waals surface area contributed by atoms with E-state index in [0.29, 0.717) is 26.2 Å². The number of hydrogen-bond acceptors (Lipinski definition) is 5. The average Bonchev–Trinajstić information content (AvgIpc) is 2.96. The van der Waals surface area contributed by atoms with Crippen molar-refractivity contribution < 1.29 is 14.3 Å². The molecule has 1 aromatic heterocycles. The number of methoxy groups -OCH3 is 2. The number of aryl methyl sites for hydroxylation is 1. The fraction of sp³-hybridized carbons (Fsp3) is 0.500. The van der Waals surface area contributed by atoms with E-state index in [1.54, 1.807) is 14.2 Å². The molecule has 0 unspecified atom stereocenters. The zero-order valence-corrected chi connectivity index (χ0v) is 16.7. The SMILES string of the molecule is COCCN(CCOC)CCC(=O)Nc1c(C)nn(-c2ccccc2)c1C. The summed E-state index contributed by atoms with van der Waals surface area (Å²) in [5.74, 6) is -0.0198. The summed E-state index contributed by atoms with van der Waals surface area (Å²) in [4.78, 5) is 14.6. The van der Waals surface area contributed by atoms with Crippen LogP contribution in [0.4, 0.5) is 5.69 Å². The quantitative estimate of drug-likeness (QED) is 0.654. The van der Waals surface area contributed by atoms with E-state index >= 15 is 0 Å². The molecule has 0 bridgehead atoms. The maximum absolute atomic E-state index is 12.5. The largest absolute Gasteiger partial charge is 0.383 e. The Morgan fingerprint density at radius 1 is 1.07 bits per heavy atom. The molecule has 0 aliphatic heterocycles. The Morgan fingerprint density at radius 2 is 1.70 bits per heavy atom. The van der Waals surface area contributed by atoms with Crippen molar-refractivity contribution in [2.24, 2.45) is 0 Å². The summed E-state index contributed by atoms with van der Waals surface area (Å²) >= 11 is 0. The van der Waals surface area contributed by atoms with Crippen molar-refractivity contribution in [3.05, 3.63) is 41.7 Å². The predicted molar refractivity (Wildman–Crippen MR) is 106 cm³/mol. The van der Waals surface area contributed by atoms with Crippen LogP contribution in [0, 0.1) is 13.8 Å². The van der Waals surface area contributed by atoms with Gasteiger partial charge in [0.15, 0.2) is 0 Å². The maximum Gasteiger partial charge on any atom is 0.225 e. The molecule has 0 aliphatic rings. The van der Waals surface area contributed by atoms with E-state index in [0.717, 1.165) is 35.9 Å². The standard InChI is InChI=1S/C20H30N4O3/c1-16-20(17(2)24(22-16)18-8-6-5-7-9-18)21-19(25)10-11-23(12-14-26-3)13-15-27-4/h5-9H,10-15H2,1-4H3,(H,21,25). The lowest BCUT2D eigenvalue weighted by Gasteiger charge is -2.21. The number of aromatic nitrogens is 2. The van der Waals surface area contributed by atoms with Crippen molar-refractivity contribution in [3.8, 4) is 5.69 Å². The van der Waals surface area contributed by atoms with Crippen molar-refractivity contribution in [2.45, 2.75) is 20.3 Å². The Hall–Kier alpha value is -2.22. The molecule has 27 heavy (non-hydrogen) atoms. The van der Waals surface area contributed by atoms with Gasteiger partial charge in [-0.05, 0) is 26.0 Å². The first-order valence-electron chi connectivity index (χ1n) is 9.18. The van der Waals surface area contributed by atoms with Gasteiger partial charge in [0.2, 0.25) is 5.91 Å². The van der Waals surface area contributed by atoms with E-state index in [2.05, 4.69) is 15.3 Å². The fourth-order valence-electron chi connectivity index (χ4n) is 2.88. The van der Waals surface area contributed by atoms with E-state index in [9.17, 15) is 4.79 Å². The molecule has 2 aromatic rings. The van der Waals surface area contributed by atoms with Crippen LogP contribution in [-0.2, 0) is 14.3 Å². The first-order valence-corrected chi connectivity index (χ1v) is 9.18. The van der Waals surface area contributed by atoms with Crippen LogP contribution in [0.3, 0.4) is 0 Å². The summed E-state index contributed by atoms with van der Waals surface area (Å²) in [5.41, 5.74) is 3.48. The zero-order chi connectivity index (χ0) is 19.6. The third kappa shape index (κ3) is 6.16. The van der Waals surface area contributed by atoms with Crippen LogP contribution in [-0.4, -0.2) is 67.7 Å². The number of carbonyl (C=O) groups is 1. The second-order valence-electron chi connectivity index (χ2n) is 6.42. The highest BCUT2D eigenvalue weighted by Gasteiger charge is 2.16. The Kier molecular flexibility index (Phi) is 8.44. The van der Waals surface area contributed by atoms with Crippen LogP contribution in [0.15, 0.2) is 30.3 Å². The zero-order valence-electron chi connectivity index (χ0n) is 16.7. The highest BCUT2D eigenvalue weighted by atomic mass is 16.5. The van der Waals surface area contributed by atoms with Crippen molar-refractivity contribution in [1.29, 1.82) is 0 Å². The Balaban J connectivity index is 1.98. The molecule has 0 spiro atoms. The first kappa shape index (κ1) is 21.1. The van der Waals surface area contributed by atoms with E-state index < -0.39 is 0 Å². The summed E-state index contributed by atoms with van der Waals surface area (Å²) in [6.45, 7) is 7.34. The number of hydrogen-bond donors (Lipinski definition) is 1. The average molecular weight is 374 g/mol. The van der Waals surface area contributed by atoms with Crippen molar-refractivity contribution in [2.75, 3.05) is 52.4 Å². The van der Waals surface area contributed by atoms with Crippen LogP contribution in [0.2, 0.25) is 0 Å². The minimum Gasteiger partial charge on any atom is -0.383 e. The summed E-state index contributed by atoms with van der Waals surface area (Å²) < 4.78 is 12.1. The lowest BCUT2D eigenvalue weighted by molar-refractivity contribution is -0.116. The molecule has 1 aromatic carbocycles. The molecular formula is C20H30N4O3. The number of ether oxygens (including phenoxy) is 2. The number of carbonyl (C=O) groups excluding carboxylic acids is 1. The fourth-order valence-corrected chi connectivity index (χ4v) is 2.88. The third-order valence-corrected chi connectivity index (χ3v) is 4.43. The number of nitrogens with one attached hydrogen (secondary N) is 1. The second-order valence-corrected chi connectivity index (χ2v) is 6.42. The Bertz CT molecular complexity index is 708. The molecule has 2 rings (SSSR count). The van der Waals surface area contributed by atoms with Gasteiger partial charge < -0.3 is 14.8 Å². The van der Waals surface area contributed by atoms with Gasteiger partial charge in [-0.15, -0.1) is 0 Å². The third-order valence-electron chi connectivity index (χ3n) is 4.43. The summed E-state index contributed by atoms with van der Waals surface area (Å²) in [6.07, 6.45) is 0.406. The molecule has 0 saturated heterocycles. The molecule has 1 N–H and O–H groups in total. The molecule has 7 nitrogen and oxygen atoms in total. The topological polar surface area (TPSA) is 68.6 Å². The normalized spacial score (nSPS) is 11.1. The molecule has 0 radical (unpaired) electrons. The molecular weight excluding hydrogens is 344 g/mol. The molecule has 1 amide bonds. The van der Waals surface area contributed by atoms with Crippen molar-refractivity contribution >= 4 is 11.6 Å². The molecule has 0 fully saturated rings. The second kappa shape index (κ2) is 10.8. The molecule has 0 saturated carbocycles. The lowest BCUT2D eigenvalue weighted by atomic mass is 10.2. The number of rotatable bonds is 11. The number of anilines is 1. The van der Waals surface area contributed by atoms with Crippen LogP contribution in [0.25, 0.3) is 5.69 Å². The summed E-state index contributed by atoms with van der Waals surface area (Å²) in [7, 11) is 3.36. The Morgan fingerprint density at radius 3 is 2.30 bits per heavy atom. The van der Waals surface area contributed by atoms with Gasteiger partial charge in [0, 0.05) is 40.3 Å². The minimum absolute atomic E-state index is 0.0198. The summed E-state index contributed by atoms with van der Waals surface area (Å²) in [6, 6.07) is 9.90. The first-order chi connectivity index (χ1) is 13.1. The Labute approximate surface area is 161 Å². The van der Waals surface area contributed by atoms with Gasteiger partial charge in [0.05, 0.1) is 36.0 Å². The monoisotopic (exact) mass is 374 g/mol. The van der Waals surface area contributed by atoms with E-state index in [1.165, 1.54) is 0 Å². The summed E-state index contributed by atoms with van der Waals surface area (Å²) in [5, 5.41) is 7.59. The highest BCUT2D eigenvalue weighted by Crippen LogP contribution is 2.22. The van der Waals surface area contributed by atoms with Gasteiger partial charge in [-0.1, -0.05) is 18.2 Å². The molecule has 148 valence electrons. The van der Waals surface area contributed by atoms with Crippen LogP contribution in [0.5, 0.6) is 0 Å². The number of benzene rings is 1. The van der Waals surface area contributed by atoms with Gasteiger partial charge >= 0.3 is 0 Å². The van der Waals surface area contributed by atoms with Gasteiger partial charge in [-0.2, -0.15) is 5.10 Å². The molecule has 0 aliphatic carbocycles. The van der Waals surface area contributed by atoms with Crippen LogP contribution in [0.1, 0.15) is 17.8 Å². The smallest absolute Gasteiger partial charge is 0.225 e. The van der Waals surface area contributed by atoms with Crippen LogP contribution >= 0.6 is 0 Å². The van der Waals surface area contributed by atoms with E-state index in [-0.39, 0.29) is 5.91 Å². The van der Waals surface area contributed by atoms with Gasteiger partial charge in [-0.3, -0.25) is 9.69 Å². The number of amides is 1. The molecule has 0 atom stereocenters. The predicted octanol–water partition coefficient (Wildman–Crippen LogP) is 2.41. The molecule has 1 heterocycles. The number of nitrogens with zero attached hydrogens (tertiary/aromatic N) is 3. The highest BCUT2D eigenvalue weighted by molar-refractivity contribution is 5.92. The maximum atomic E-state index is 12.5. The van der Waals surface area contributed by atoms with Gasteiger partial charge in [0.25, 0.3) is 0 Å². The van der Waals surface area contributed by atoms with Gasteiger partial charge in [-0.25, -0.2) is 4.68 Å². The van der Waals surface area contributed by atoms with E-state index in [4.69, 9.17) is 9.47 Å². The van der Waals surface area contributed by atoms with Crippen molar-refractivity contribution in [1.82, 2.24) is 14.7 Å². The lowest BCUT2D eigenvalue weighted by Crippen LogP contribution is -2.33. The van der Waals surface area contributed by atoms with E-state index in [1.807, 2.05) is 48.9 Å². The number of para-hydroxylation sites is 1. The minimum atomic E-state index is -0.0198. The van der Waals surface area contributed by atoms with Gasteiger partial charge in [0.1, 0.15) is 0 Å². The van der Waals surface area contributed by atoms with Crippen LogP contribution < -0.4 is 5.32 Å².